The lowest BCUT2D eigenvalue weighted by atomic mass is 9.84. The zero-order chi connectivity index (χ0) is 19.9. The smallest absolute Gasteiger partial charge is 0.329 e. The number of allylic oxidation sites excluding steroid dienone is 2. The number of alkyl halides is 3. The van der Waals surface area contributed by atoms with Crippen molar-refractivity contribution in [1.29, 1.82) is 0 Å². The lowest BCUT2D eigenvalue weighted by Gasteiger charge is -2.30. The van der Waals surface area contributed by atoms with Gasteiger partial charge in [-0.15, -0.1) is 0 Å². The van der Waals surface area contributed by atoms with Crippen LogP contribution in [0.3, 0.4) is 0 Å². The molecule has 4 rings (SSSR count). The first kappa shape index (κ1) is 19.4. The summed E-state index contributed by atoms with van der Waals surface area (Å²) in [6, 6.07) is 2.86. The van der Waals surface area contributed by atoms with E-state index in [-0.39, 0.29) is 23.4 Å². The van der Waals surface area contributed by atoms with Gasteiger partial charge in [0.15, 0.2) is 0 Å². The molecular formula is C21H24F4N2O. The van der Waals surface area contributed by atoms with Crippen LogP contribution in [0.2, 0.25) is 0 Å². The second kappa shape index (κ2) is 7.50. The largest absolute Gasteiger partial charge is 0.416 e. The Kier molecular flexibility index (Phi) is 5.21. The lowest BCUT2D eigenvalue weighted by Crippen LogP contribution is -2.38. The fraction of sp³-hybridized carbons (Fsp3) is 0.571. The van der Waals surface area contributed by atoms with E-state index in [4.69, 9.17) is 0 Å². The molecule has 0 aromatic heterocycles. The highest BCUT2D eigenvalue weighted by atomic mass is 19.4. The molecule has 1 aliphatic carbocycles. The third-order valence-corrected chi connectivity index (χ3v) is 6.15. The van der Waals surface area contributed by atoms with Crippen molar-refractivity contribution < 1.29 is 22.4 Å². The molecule has 0 spiro atoms. The minimum absolute atomic E-state index is 0.0357. The fourth-order valence-corrected chi connectivity index (χ4v) is 4.43. The van der Waals surface area contributed by atoms with Crippen molar-refractivity contribution in [3.63, 3.8) is 0 Å². The highest BCUT2D eigenvalue weighted by Crippen LogP contribution is 2.42. The highest BCUT2D eigenvalue weighted by Gasteiger charge is 2.39. The molecule has 0 bridgehead atoms. The van der Waals surface area contributed by atoms with E-state index in [2.05, 4.69) is 10.6 Å². The molecule has 2 aliphatic heterocycles. The number of carbonyl (C=O) groups excluding carboxylic acids is 1. The van der Waals surface area contributed by atoms with Crippen LogP contribution in [0.25, 0.3) is 0 Å². The van der Waals surface area contributed by atoms with Crippen LogP contribution in [0, 0.1) is 17.7 Å². The lowest BCUT2D eigenvalue weighted by molar-refractivity contribution is -0.137. The van der Waals surface area contributed by atoms with Gasteiger partial charge in [0.1, 0.15) is 5.82 Å². The molecule has 2 N–H and O–H groups in total. The van der Waals surface area contributed by atoms with Gasteiger partial charge in [0, 0.05) is 23.6 Å². The topological polar surface area (TPSA) is 41.1 Å². The second-order valence-electron chi connectivity index (χ2n) is 8.14. The summed E-state index contributed by atoms with van der Waals surface area (Å²) in [5.41, 5.74) is -0.172. The molecule has 1 aromatic rings. The molecule has 2 unspecified atom stereocenters. The van der Waals surface area contributed by atoms with E-state index in [1.807, 2.05) is 6.08 Å². The van der Waals surface area contributed by atoms with Crippen LogP contribution >= 0.6 is 0 Å². The fourth-order valence-electron chi connectivity index (χ4n) is 4.43. The van der Waals surface area contributed by atoms with E-state index in [1.165, 1.54) is 6.07 Å². The number of rotatable bonds is 5. The minimum Gasteiger partial charge on any atom is -0.329 e. The van der Waals surface area contributed by atoms with Crippen LogP contribution < -0.4 is 10.6 Å². The molecule has 1 saturated heterocycles. The van der Waals surface area contributed by atoms with Gasteiger partial charge < -0.3 is 10.6 Å². The van der Waals surface area contributed by atoms with Gasteiger partial charge in [0.2, 0.25) is 5.91 Å². The standard InChI is InChI=1S/C21H24F4N2O/c22-18-10-13(21(23,24)25)5-6-16(18)17(11-14-2-1-9-26-14)19-8-7-15(12-3-4-12)20(28)27-19/h5-6,8,10,12,14-15,17,26H,1-4,7,9,11H2,(H,27,28)/t14-,15?,17?/m1/s1. The van der Waals surface area contributed by atoms with E-state index in [9.17, 15) is 22.4 Å². The molecule has 3 nitrogen and oxygen atoms in total. The Morgan fingerprint density at radius 1 is 1.18 bits per heavy atom. The number of amides is 1. The van der Waals surface area contributed by atoms with Crippen molar-refractivity contribution in [3.8, 4) is 0 Å². The van der Waals surface area contributed by atoms with Gasteiger partial charge in [0.05, 0.1) is 5.56 Å². The van der Waals surface area contributed by atoms with Gasteiger partial charge in [-0.25, -0.2) is 4.39 Å². The van der Waals surface area contributed by atoms with Crippen molar-refractivity contribution in [2.75, 3.05) is 6.54 Å². The van der Waals surface area contributed by atoms with Gasteiger partial charge in [-0.1, -0.05) is 12.1 Å². The maximum Gasteiger partial charge on any atom is 0.416 e. The zero-order valence-electron chi connectivity index (χ0n) is 15.5. The van der Waals surface area contributed by atoms with Gasteiger partial charge in [-0.2, -0.15) is 13.2 Å². The summed E-state index contributed by atoms with van der Waals surface area (Å²) in [6.07, 6.45) is 2.59. The van der Waals surface area contributed by atoms with Gasteiger partial charge >= 0.3 is 6.18 Å². The Morgan fingerprint density at radius 3 is 2.54 bits per heavy atom. The van der Waals surface area contributed by atoms with Crippen LogP contribution in [-0.2, 0) is 11.0 Å². The van der Waals surface area contributed by atoms with E-state index >= 15 is 0 Å². The van der Waals surface area contributed by atoms with E-state index < -0.39 is 23.5 Å². The molecule has 1 saturated carbocycles. The molecule has 1 aromatic carbocycles. The second-order valence-corrected chi connectivity index (χ2v) is 8.14. The van der Waals surface area contributed by atoms with Crippen molar-refractivity contribution >= 4 is 5.91 Å². The summed E-state index contributed by atoms with van der Waals surface area (Å²) < 4.78 is 53.5. The van der Waals surface area contributed by atoms with E-state index in [0.717, 1.165) is 38.3 Å². The predicted octanol–water partition coefficient (Wildman–Crippen LogP) is 4.50. The molecule has 0 radical (unpaired) electrons. The zero-order valence-corrected chi connectivity index (χ0v) is 15.5. The monoisotopic (exact) mass is 396 g/mol. The molecular weight excluding hydrogens is 372 g/mol. The van der Waals surface area contributed by atoms with Crippen LogP contribution in [0.15, 0.2) is 30.0 Å². The average molecular weight is 396 g/mol. The number of nitrogens with one attached hydrogen (secondary N) is 2. The molecule has 7 heteroatoms. The summed E-state index contributed by atoms with van der Waals surface area (Å²) in [5, 5.41) is 6.29. The summed E-state index contributed by atoms with van der Waals surface area (Å²) in [5.74, 6) is -1.00. The number of hydrogen-bond acceptors (Lipinski definition) is 2. The Morgan fingerprint density at radius 2 is 1.96 bits per heavy atom. The highest BCUT2D eigenvalue weighted by molar-refractivity contribution is 5.82. The third kappa shape index (κ3) is 4.09. The predicted molar refractivity (Wildman–Crippen MR) is 96.8 cm³/mol. The SMILES string of the molecule is O=C1NC(C(C[C@H]2CCCN2)c2ccc(C(F)(F)F)cc2F)=CCC1C1CC1. The van der Waals surface area contributed by atoms with E-state index in [0.29, 0.717) is 30.5 Å². The van der Waals surface area contributed by atoms with E-state index in [1.54, 1.807) is 0 Å². The first-order valence-corrected chi connectivity index (χ1v) is 9.94. The number of hydrogen-bond donors (Lipinski definition) is 2. The van der Waals surface area contributed by atoms with Crippen LogP contribution in [0.1, 0.15) is 55.6 Å². The molecule has 2 heterocycles. The van der Waals surface area contributed by atoms with Crippen molar-refractivity contribution in [1.82, 2.24) is 10.6 Å². The maximum absolute atomic E-state index is 14.7. The summed E-state index contributed by atoms with van der Waals surface area (Å²) in [6.45, 7) is 0.877. The number of carbonyl (C=O) groups is 1. The van der Waals surface area contributed by atoms with Gasteiger partial charge in [-0.05, 0) is 68.7 Å². The first-order chi connectivity index (χ1) is 13.3. The Labute approximate surface area is 161 Å². The molecule has 28 heavy (non-hydrogen) atoms. The Bertz CT molecular complexity index is 779. The quantitative estimate of drug-likeness (QED) is 0.720. The summed E-state index contributed by atoms with van der Waals surface area (Å²) >= 11 is 0. The van der Waals surface area contributed by atoms with Crippen molar-refractivity contribution in [3.05, 3.63) is 46.9 Å². The molecule has 3 atom stereocenters. The minimum atomic E-state index is -4.59. The Hall–Kier alpha value is -1.89. The Balaban J connectivity index is 1.63. The molecule has 2 fully saturated rings. The molecule has 1 amide bonds. The van der Waals surface area contributed by atoms with Crippen molar-refractivity contribution in [2.45, 2.75) is 56.7 Å². The van der Waals surface area contributed by atoms with Gasteiger partial charge in [-0.3, -0.25) is 4.79 Å². The summed E-state index contributed by atoms with van der Waals surface area (Å²) in [4.78, 5) is 12.5. The number of halogens is 4. The van der Waals surface area contributed by atoms with Gasteiger partial charge in [0.25, 0.3) is 0 Å². The molecule has 152 valence electrons. The molecule has 3 aliphatic rings. The number of benzene rings is 1. The average Bonchev–Trinajstić information content (AvgIpc) is 3.34. The maximum atomic E-state index is 14.7. The van der Waals surface area contributed by atoms with Crippen LogP contribution in [0.5, 0.6) is 0 Å². The van der Waals surface area contributed by atoms with Crippen LogP contribution in [0.4, 0.5) is 17.6 Å². The summed E-state index contributed by atoms with van der Waals surface area (Å²) in [7, 11) is 0. The van der Waals surface area contributed by atoms with Crippen LogP contribution in [-0.4, -0.2) is 18.5 Å². The normalized spacial score (nSPS) is 26.7. The van der Waals surface area contributed by atoms with Crippen molar-refractivity contribution in [2.24, 2.45) is 11.8 Å². The first-order valence-electron chi connectivity index (χ1n) is 9.94. The third-order valence-electron chi connectivity index (χ3n) is 6.15.